The second-order valence-corrected chi connectivity index (χ2v) is 5.01. The van der Waals surface area contributed by atoms with Crippen molar-refractivity contribution in [3.8, 4) is 0 Å². The Hall–Kier alpha value is 0.210. The van der Waals surface area contributed by atoms with E-state index in [1.165, 1.54) is 38.5 Å². The van der Waals surface area contributed by atoms with Crippen LogP contribution in [0, 0.1) is 0 Å². The van der Waals surface area contributed by atoms with Crippen LogP contribution in [-0.2, 0) is 0 Å². The van der Waals surface area contributed by atoms with Crippen molar-refractivity contribution < 1.29 is 0 Å². The summed E-state index contributed by atoms with van der Waals surface area (Å²) in [4.78, 5) is 0. The van der Waals surface area contributed by atoms with E-state index in [0.717, 1.165) is 6.42 Å². The predicted molar refractivity (Wildman–Crippen MR) is 74.9 cm³/mol. The van der Waals surface area contributed by atoms with Crippen LogP contribution in [0.25, 0.3) is 0 Å². The molecule has 0 saturated carbocycles. The van der Waals surface area contributed by atoms with Gasteiger partial charge in [-0.15, -0.1) is 6.58 Å². The molecular formula is C13H23I. The molecule has 0 atom stereocenters. The highest BCUT2D eigenvalue weighted by atomic mass is 127. The molecule has 0 spiro atoms. The van der Waals surface area contributed by atoms with Crippen LogP contribution in [0.15, 0.2) is 21.8 Å². The largest absolute Gasteiger partial charge is 0.103 e. The van der Waals surface area contributed by atoms with E-state index in [2.05, 4.69) is 43.0 Å². The zero-order chi connectivity index (χ0) is 10.8. The molecule has 1 heteroatoms. The lowest BCUT2D eigenvalue weighted by atomic mass is 10.0. The average Bonchev–Trinajstić information content (AvgIpc) is 2.20. The van der Waals surface area contributed by atoms with Gasteiger partial charge in [-0.25, -0.2) is 0 Å². The molecule has 0 aromatic carbocycles. The Morgan fingerprint density at radius 2 is 1.71 bits per heavy atom. The van der Waals surface area contributed by atoms with Crippen LogP contribution in [0.2, 0.25) is 0 Å². The fourth-order valence-corrected chi connectivity index (χ4v) is 2.29. The molecule has 0 aromatic heterocycles. The lowest BCUT2D eigenvalue weighted by molar-refractivity contribution is 0.755. The van der Waals surface area contributed by atoms with Crippen LogP contribution in [-0.4, -0.2) is 0 Å². The molecule has 82 valence electrons. The summed E-state index contributed by atoms with van der Waals surface area (Å²) in [6.07, 6.45) is 10.9. The SMILES string of the molecule is C=CC/C(CCCC)=C(\I)CCCC. The van der Waals surface area contributed by atoms with Gasteiger partial charge in [-0.2, -0.15) is 0 Å². The molecule has 0 rings (SSSR count). The summed E-state index contributed by atoms with van der Waals surface area (Å²) in [5.41, 5.74) is 1.62. The van der Waals surface area contributed by atoms with Crippen molar-refractivity contribution in [2.75, 3.05) is 0 Å². The van der Waals surface area contributed by atoms with E-state index in [0.29, 0.717) is 0 Å². The molecule has 0 aliphatic rings. The van der Waals surface area contributed by atoms with Crippen LogP contribution in [0.1, 0.15) is 58.8 Å². The first-order valence-electron chi connectivity index (χ1n) is 5.73. The number of rotatable bonds is 8. The molecule has 0 radical (unpaired) electrons. The topological polar surface area (TPSA) is 0 Å². The van der Waals surface area contributed by atoms with Crippen LogP contribution >= 0.6 is 22.6 Å². The number of hydrogen-bond donors (Lipinski definition) is 0. The van der Waals surface area contributed by atoms with E-state index in [1.54, 1.807) is 9.15 Å². The number of unbranched alkanes of at least 4 members (excludes halogenated alkanes) is 2. The Morgan fingerprint density at radius 1 is 1.14 bits per heavy atom. The Labute approximate surface area is 103 Å². The van der Waals surface area contributed by atoms with E-state index in [-0.39, 0.29) is 0 Å². The van der Waals surface area contributed by atoms with Crippen molar-refractivity contribution >= 4 is 22.6 Å². The Balaban J connectivity index is 4.16. The van der Waals surface area contributed by atoms with Gasteiger partial charge in [0.15, 0.2) is 0 Å². The summed E-state index contributed by atoms with van der Waals surface area (Å²) in [7, 11) is 0. The van der Waals surface area contributed by atoms with Crippen LogP contribution in [0.4, 0.5) is 0 Å². The summed E-state index contributed by atoms with van der Waals surface area (Å²) in [6, 6.07) is 0. The van der Waals surface area contributed by atoms with E-state index in [1.807, 2.05) is 6.08 Å². The van der Waals surface area contributed by atoms with Gasteiger partial charge in [0.25, 0.3) is 0 Å². The van der Waals surface area contributed by atoms with Crippen LogP contribution in [0.5, 0.6) is 0 Å². The van der Waals surface area contributed by atoms with Crippen LogP contribution in [0.3, 0.4) is 0 Å². The standard InChI is InChI=1S/C13H23I/c1-4-7-10-12(9-6-3)13(14)11-8-5-2/h6H,3-5,7-11H2,1-2H3/b13-12+. The van der Waals surface area contributed by atoms with Crippen molar-refractivity contribution in [2.45, 2.75) is 58.8 Å². The van der Waals surface area contributed by atoms with Gasteiger partial charge in [0, 0.05) is 0 Å². The van der Waals surface area contributed by atoms with Gasteiger partial charge in [0.05, 0.1) is 0 Å². The molecular weight excluding hydrogens is 283 g/mol. The monoisotopic (exact) mass is 306 g/mol. The molecule has 0 heterocycles. The highest BCUT2D eigenvalue weighted by Gasteiger charge is 2.02. The van der Waals surface area contributed by atoms with Crippen molar-refractivity contribution in [3.63, 3.8) is 0 Å². The fourth-order valence-electron chi connectivity index (χ4n) is 1.42. The minimum atomic E-state index is 1.09. The maximum atomic E-state index is 3.83. The molecule has 0 nitrogen and oxygen atoms in total. The fraction of sp³-hybridized carbons (Fsp3) is 0.692. The van der Waals surface area contributed by atoms with Gasteiger partial charge >= 0.3 is 0 Å². The predicted octanol–water partition coefficient (Wildman–Crippen LogP) is 5.63. The molecule has 0 saturated heterocycles. The first kappa shape index (κ1) is 14.2. The molecule has 0 aromatic rings. The van der Waals surface area contributed by atoms with Crippen LogP contribution < -0.4 is 0 Å². The summed E-state index contributed by atoms with van der Waals surface area (Å²) in [6.45, 7) is 8.34. The van der Waals surface area contributed by atoms with E-state index < -0.39 is 0 Å². The average molecular weight is 306 g/mol. The molecule has 0 amide bonds. The van der Waals surface area contributed by atoms with E-state index in [9.17, 15) is 0 Å². The second-order valence-electron chi connectivity index (χ2n) is 3.71. The van der Waals surface area contributed by atoms with Crippen molar-refractivity contribution in [1.82, 2.24) is 0 Å². The lowest BCUT2D eigenvalue weighted by Gasteiger charge is -2.08. The maximum Gasteiger partial charge on any atom is -0.00989 e. The van der Waals surface area contributed by atoms with Gasteiger partial charge in [-0.3, -0.25) is 0 Å². The normalized spacial score (nSPS) is 12.5. The summed E-state index contributed by atoms with van der Waals surface area (Å²) < 4.78 is 1.58. The lowest BCUT2D eigenvalue weighted by Crippen LogP contribution is -1.87. The zero-order valence-electron chi connectivity index (χ0n) is 9.61. The summed E-state index contributed by atoms with van der Waals surface area (Å²) >= 11 is 2.52. The number of allylic oxidation sites excluding steroid dienone is 3. The van der Waals surface area contributed by atoms with Gasteiger partial charge in [-0.1, -0.05) is 38.3 Å². The Bertz CT molecular complexity index is 180. The smallest absolute Gasteiger partial charge is 0.00989 e. The molecule has 14 heavy (non-hydrogen) atoms. The van der Waals surface area contributed by atoms with Gasteiger partial charge in [0.2, 0.25) is 0 Å². The maximum absolute atomic E-state index is 3.83. The molecule has 0 aliphatic heterocycles. The minimum Gasteiger partial charge on any atom is -0.103 e. The van der Waals surface area contributed by atoms with Gasteiger partial charge < -0.3 is 0 Å². The number of halogens is 1. The third-order valence-corrected chi connectivity index (χ3v) is 3.66. The zero-order valence-corrected chi connectivity index (χ0v) is 11.8. The third-order valence-electron chi connectivity index (χ3n) is 2.36. The molecule has 0 bridgehead atoms. The molecule has 0 aliphatic carbocycles. The van der Waals surface area contributed by atoms with Crippen molar-refractivity contribution in [1.29, 1.82) is 0 Å². The molecule has 0 N–H and O–H groups in total. The Kier molecular flexibility index (Phi) is 9.90. The highest BCUT2D eigenvalue weighted by molar-refractivity contribution is 14.1. The minimum absolute atomic E-state index is 1.09. The third kappa shape index (κ3) is 6.63. The number of hydrogen-bond acceptors (Lipinski definition) is 0. The van der Waals surface area contributed by atoms with E-state index in [4.69, 9.17) is 0 Å². The quantitative estimate of drug-likeness (QED) is 0.402. The first-order valence-corrected chi connectivity index (χ1v) is 6.81. The van der Waals surface area contributed by atoms with Crippen molar-refractivity contribution in [3.05, 3.63) is 21.8 Å². The summed E-state index contributed by atoms with van der Waals surface area (Å²) in [5.74, 6) is 0. The Morgan fingerprint density at radius 3 is 2.21 bits per heavy atom. The van der Waals surface area contributed by atoms with Gasteiger partial charge in [-0.05, 0) is 58.3 Å². The molecule has 0 fully saturated rings. The summed E-state index contributed by atoms with van der Waals surface area (Å²) in [5, 5.41) is 0. The molecule has 0 unspecified atom stereocenters. The van der Waals surface area contributed by atoms with E-state index >= 15 is 0 Å². The first-order chi connectivity index (χ1) is 6.76. The highest BCUT2D eigenvalue weighted by Crippen LogP contribution is 2.26. The van der Waals surface area contributed by atoms with Gasteiger partial charge in [0.1, 0.15) is 0 Å². The van der Waals surface area contributed by atoms with Crippen molar-refractivity contribution in [2.24, 2.45) is 0 Å². The second kappa shape index (κ2) is 9.75.